The molecule has 1 saturated heterocycles. The van der Waals surface area contributed by atoms with Gasteiger partial charge in [-0.1, -0.05) is 12.5 Å². The van der Waals surface area contributed by atoms with Crippen molar-refractivity contribution in [3.8, 4) is 0 Å². The SMILES string of the molecule is O=C(CCCCCN1CCN(c2ccccn2)CC1)c1ccc(F)cc1. The Morgan fingerprint density at radius 2 is 1.73 bits per heavy atom. The van der Waals surface area contributed by atoms with Crippen molar-refractivity contribution in [2.75, 3.05) is 37.6 Å². The van der Waals surface area contributed by atoms with Crippen molar-refractivity contribution in [1.29, 1.82) is 0 Å². The molecule has 3 rings (SSSR count). The first-order chi connectivity index (χ1) is 12.7. The van der Waals surface area contributed by atoms with Crippen LogP contribution in [0.1, 0.15) is 36.0 Å². The first-order valence-electron chi connectivity index (χ1n) is 9.39. The molecular formula is C21H26FN3O. The Hall–Kier alpha value is -2.27. The summed E-state index contributed by atoms with van der Waals surface area (Å²) in [6.07, 6.45) is 5.44. The number of aromatic nitrogens is 1. The number of Topliss-reactive ketones (excluding diaryl/α,β-unsaturated/α-hetero) is 1. The van der Waals surface area contributed by atoms with Gasteiger partial charge in [0.1, 0.15) is 11.6 Å². The summed E-state index contributed by atoms with van der Waals surface area (Å²) in [5.41, 5.74) is 0.608. The molecular weight excluding hydrogens is 329 g/mol. The van der Waals surface area contributed by atoms with Gasteiger partial charge in [0, 0.05) is 44.4 Å². The Labute approximate surface area is 154 Å². The van der Waals surface area contributed by atoms with Gasteiger partial charge < -0.3 is 4.90 Å². The van der Waals surface area contributed by atoms with Crippen molar-refractivity contribution in [1.82, 2.24) is 9.88 Å². The third-order valence-electron chi connectivity index (χ3n) is 4.89. The van der Waals surface area contributed by atoms with Crippen LogP contribution >= 0.6 is 0 Å². The normalized spacial score (nSPS) is 15.2. The van der Waals surface area contributed by atoms with Crippen molar-refractivity contribution in [2.45, 2.75) is 25.7 Å². The van der Waals surface area contributed by atoms with Gasteiger partial charge in [-0.05, 0) is 55.8 Å². The lowest BCUT2D eigenvalue weighted by atomic mass is 10.0. The van der Waals surface area contributed by atoms with Crippen molar-refractivity contribution in [3.05, 3.63) is 60.0 Å². The van der Waals surface area contributed by atoms with Crippen LogP contribution in [0.5, 0.6) is 0 Å². The van der Waals surface area contributed by atoms with E-state index in [9.17, 15) is 9.18 Å². The molecule has 0 bridgehead atoms. The van der Waals surface area contributed by atoms with Crippen molar-refractivity contribution >= 4 is 11.6 Å². The van der Waals surface area contributed by atoms with Gasteiger partial charge >= 0.3 is 0 Å². The number of unbranched alkanes of at least 4 members (excludes halogenated alkanes) is 2. The summed E-state index contributed by atoms with van der Waals surface area (Å²) >= 11 is 0. The largest absolute Gasteiger partial charge is 0.354 e. The molecule has 1 fully saturated rings. The van der Waals surface area contributed by atoms with Gasteiger partial charge in [-0.3, -0.25) is 9.69 Å². The highest BCUT2D eigenvalue weighted by molar-refractivity contribution is 5.95. The number of hydrogen-bond acceptors (Lipinski definition) is 4. The van der Waals surface area contributed by atoms with E-state index in [0.717, 1.165) is 57.8 Å². The van der Waals surface area contributed by atoms with Crippen molar-refractivity contribution < 1.29 is 9.18 Å². The first-order valence-corrected chi connectivity index (χ1v) is 9.39. The molecule has 2 aromatic rings. The maximum Gasteiger partial charge on any atom is 0.162 e. The summed E-state index contributed by atoms with van der Waals surface area (Å²) in [5.74, 6) is 0.866. The highest BCUT2D eigenvalue weighted by Crippen LogP contribution is 2.14. The molecule has 5 heteroatoms. The minimum Gasteiger partial charge on any atom is -0.354 e. The number of hydrogen-bond donors (Lipinski definition) is 0. The van der Waals surface area contributed by atoms with Crippen molar-refractivity contribution in [2.24, 2.45) is 0 Å². The predicted molar refractivity (Wildman–Crippen MR) is 102 cm³/mol. The van der Waals surface area contributed by atoms with Crippen LogP contribution in [0.25, 0.3) is 0 Å². The summed E-state index contributed by atoms with van der Waals surface area (Å²) in [5, 5.41) is 0. The summed E-state index contributed by atoms with van der Waals surface area (Å²) < 4.78 is 12.9. The Balaban J connectivity index is 1.29. The van der Waals surface area contributed by atoms with E-state index in [4.69, 9.17) is 0 Å². The number of pyridine rings is 1. The number of benzene rings is 1. The van der Waals surface area contributed by atoms with Gasteiger partial charge in [-0.15, -0.1) is 0 Å². The van der Waals surface area contributed by atoms with Gasteiger partial charge in [0.2, 0.25) is 0 Å². The molecule has 0 amide bonds. The fourth-order valence-corrected chi connectivity index (χ4v) is 3.32. The Morgan fingerprint density at radius 3 is 2.42 bits per heavy atom. The lowest BCUT2D eigenvalue weighted by Crippen LogP contribution is -2.46. The summed E-state index contributed by atoms with van der Waals surface area (Å²) in [4.78, 5) is 21.3. The van der Waals surface area contributed by atoms with Crippen LogP contribution in [0.2, 0.25) is 0 Å². The van der Waals surface area contributed by atoms with Crippen LogP contribution in [0, 0.1) is 5.82 Å². The van der Waals surface area contributed by atoms with Crippen LogP contribution in [-0.4, -0.2) is 48.4 Å². The Bertz CT molecular complexity index is 682. The van der Waals surface area contributed by atoms with Crippen LogP contribution in [-0.2, 0) is 0 Å². The number of carbonyl (C=O) groups excluding carboxylic acids is 1. The van der Waals surface area contributed by atoms with Gasteiger partial charge in [-0.2, -0.15) is 0 Å². The molecule has 0 saturated carbocycles. The fourth-order valence-electron chi connectivity index (χ4n) is 3.32. The number of halogens is 1. The highest BCUT2D eigenvalue weighted by atomic mass is 19.1. The lowest BCUT2D eigenvalue weighted by Gasteiger charge is -2.35. The number of rotatable bonds is 8. The van der Waals surface area contributed by atoms with E-state index in [1.165, 1.54) is 12.1 Å². The van der Waals surface area contributed by atoms with Crippen molar-refractivity contribution in [3.63, 3.8) is 0 Å². The van der Waals surface area contributed by atoms with Crippen LogP contribution < -0.4 is 4.90 Å². The minimum absolute atomic E-state index is 0.106. The van der Waals surface area contributed by atoms with Crippen LogP contribution in [0.3, 0.4) is 0 Å². The molecule has 2 heterocycles. The van der Waals surface area contributed by atoms with Crippen LogP contribution in [0.15, 0.2) is 48.7 Å². The second kappa shape index (κ2) is 9.43. The number of anilines is 1. The number of ketones is 1. The molecule has 1 aliphatic heterocycles. The predicted octanol–water partition coefficient (Wildman–Crippen LogP) is 3.79. The zero-order chi connectivity index (χ0) is 18.2. The molecule has 0 spiro atoms. The average Bonchev–Trinajstić information content (AvgIpc) is 2.69. The third-order valence-corrected chi connectivity index (χ3v) is 4.89. The van der Waals surface area contributed by atoms with E-state index in [1.54, 1.807) is 12.1 Å². The Morgan fingerprint density at radius 1 is 0.962 bits per heavy atom. The summed E-state index contributed by atoms with van der Waals surface area (Å²) in [7, 11) is 0. The lowest BCUT2D eigenvalue weighted by molar-refractivity contribution is 0.0978. The van der Waals surface area contributed by atoms with Gasteiger partial charge in [0.05, 0.1) is 0 Å². The summed E-state index contributed by atoms with van der Waals surface area (Å²) in [6.45, 7) is 5.23. The molecule has 1 aromatic carbocycles. The Kier molecular flexibility index (Phi) is 6.72. The van der Waals surface area contributed by atoms with E-state index < -0.39 is 0 Å². The maximum atomic E-state index is 12.9. The molecule has 1 aromatic heterocycles. The fraction of sp³-hybridized carbons (Fsp3) is 0.429. The topological polar surface area (TPSA) is 36.4 Å². The van der Waals surface area contributed by atoms with E-state index in [2.05, 4.69) is 20.9 Å². The zero-order valence-electron chi connectivity index (χ0n) is 15.1. The molecule has 0 N–H and O–H groups in total. The number of carbonyl (C=O) groups is 1. The molecule has 1 aliphatic rings. The van der Waals surface area contributed by atoms with E-state index in [-0.39, 0.29) is 11.6 Å². The monoisotopic (exact) mass is 355 g/mol. The molecule has 138 valence electrons. The average molecular weight is 355 g/mol. The number of nitrogens with zero attached hydrogens (tertiary/aromatic N) is 3. The first kappa shape index (κ1) is 18.5. The molecule has 0 aliphatic carbocycles. The molecule has 4 nitrogen and oxygen atoms in total. The van der Waals surface area contributed by atoms with Gasteiger partial charge in [-0.25, -0.2) is 9.37 Å². The maximum absolute atomic E-state index is 12.9. The minimum atomic E-state index is -0.301. The third kappa shape index (κ3) is 5.36. The van der Waals surface area contributed by atoms with Gasteiger partial charge in [0.25, 0.3) is 0 Å². The van der Waals surface area contributed by atoms with E-state index in [0.29, 0.717) is 12.0 Å². The molecule has 0 unspecified atom stereocenters. The van der Waals surface area contributed by atoms with E-state index >= 15 is 0 Å². The van der Waals surface area contributed by atoms with Crippen LogP contribution in [0.4, 0.5) is 10.2 Å². The smallest absolute Gasteiger partial charge is 0.162 e. The van der Waals surface area contributed by atoms with E-state index in [1.807, 2.05) is 18.3 Å². The summed E-state index contributed by atoms with van der Waals surface area (Å²) in [6, 6.07) is 11.9. The second-order valence-corrected chi connectivity index (χ2v) is 6.76. The standard InChI is InChI=1S/C21H26FN3O/c22-19-10-8-18(9-11-19)20(26)6-2-1-5-13-24-14-16-25(17-15-24)21-7-3-4-12-23-21/h3-4,7-12H,1-2,5-6,13-17H2. The molecule has 0 atom stereocenters. The molecule has 0 radical (unpaired) electrons. The van der Waals surface area contributed by atoms with Gasteiger partial charge in [0.15, 0.2) is 5.78 Å². The molecule has 26 heavy (non-hydrogen) atoms. The highest BCUT2D eigenvalue weighted by Gasteiger charge is 2.17. The quantitative estimate of drug-likeness (QED) is 0.533. The second-order valence-electron chi connectivity index (χ2n) is 6.76. The zero-order valence-corrected chi connectivity index (χ0v) is 15.1. The number of piperazine rings is 1.